The summed E-state index contributed by atoms with van der Waals surface area (Å²) in [6, 6.07) is 8.39. The second-order valence-corrected chi connectivity index (χ2v) is 5.76. The summed E-state index contributed by atoms with van der Waals surface area (Å²) in [5.74, 6) is 0. The van der Waals surface area contributed by atoms with Crippen LogP contribution in [0.4, 0.5) is 0 Å². The van der Waals surface area contributed by atoms with E-state index in [1.807, 2.05) is 0 Å². The number of nitrogens with two attached hydrogens (primary N) is 1. The molecule has 1 unspecified atom stereocenters. The van der Waals surface area contributed by atoms with Crippen molar-refractivity contribution in [3.8, 4) is 0 Å². The van der Waals surface area contributed by atoms with Crippen molar-refractivity contribution in [2.75, 3.05) is 6.61 Å². The molecule has 1 atom stereocenters. The molecule has 0 radical (unpaired) electrons. The first kappa shape index (κ1) is 17.0. The molecule has 0 amide bonds. The number of sulfonamides is 1. The highest BCUT2D eigenvalue weighted by atomic mass is 32.3. The lowest BCUT2D eigenvalue weighted by Gasteiger charge is -2.11. The average molecular weight is 299 g/mol. The third-order valence-corrected chi connectivity index (χ3v) is 2.95. The van der Waals surface area contributed by atoms with E-state index in [-0.39, 0.29) is 0 Å². The minimum atomic E-state index is -4.67. The van der Waals surface area contributed by atoms with Crippen LogP contribution in [0.25, 0.3) is 0 Å². The Kier molecular flexibility index (Phi) is 6.38. The van der Waals surface area contributed by atoms with Crippen LogP contribution >= 0.6 is 0 Å². The number of aliphatic hydroxyl groups excluding tert-OH is 1. The Morgan fingerprint density at radius 1 is 1.06 bits per heavy atom. The third-order valence-electron chi connectivity index (χ3n) is 1.73. The van der Waals surface area contributed by atoms with Gasteiger partial charge in [0.1, 0.15) is 5.25 Å². The minimum Gasteiger partial charge on any atom is -0.395 e. The average Bonchev–Trinajstić information content (AvgIpc) is 2.15. The molecule has 0 aromatic heterocycles. The monoisotopic (exact) mass is 299 g/mol. The second kappa shape index (κ2) is 6.78. The van der Waals surface area contributed by atoms with Crippen LogP contribution < -0.4 is 5.14 Å². The summed E-state index contributed by atoms with van der Waals surface area (Å²) in [6.07, 6.45) is 0. The zero-order chi connectivity index (χ0) is 14.4. The molecule has 0 fully saturated rings. The van der Waals surface area contributed by atoms with Gasteiger partial charge in [-0.1, -0.05) is 30.3 Å². The van der Waals surface area contributed by atoms with E-state index in [9.17, 15) is 8.42 Å². The van der Waals surface area contributed by atoms with Gasteiger partial charge in [-0.25, -0.2) is 13.6 Å². The van der Waals surface area contributed by atoms with Crippen molar-refractivity contribution < 1.29 is 31.0 Å². The second-order valence-electron chi connectivity index (χ2n) is 3.12. The molecule has 0 aliphatic carbocycles. The van der Waals surface area contributed by atoms with E-state index >= 15 is 0 Å². The van der Waals surface area contributed by atoms with Crippen LogP contribution in [0.1, 0.15) is 10.8 Å². The van der Waals surface area contributed by atoms with Gasteiger partial charge in [-0.15, -0.1) is 0 Å². The molecule has 10 heteroatoms. The third kappa shape index (κ3) is 8.11. The van der Waals surface area contributed by atoms with Gasteiger partial charge in [0, 0.05) is 0 Å². The number of hydrogen-bond acceptors (Lipinski definition) is 5. The van der Waals surface area contributed by atoms with Crippen LogP contribution in [-0.4, -0.2) is 37.7 Å². The zero-order valence-electron chi connectivity index (χ0n) is 9.04. The molecular weight excluding hydrogens is 286 g/mol. The number of aliphatic hydroxyl groups is 1. The van der Waals surface area contributed by atoms with E-state index in [1.165, 1.54) is 0 Å². The summed E-state index contributed by atoms with van der Waals surface area (Å²) in [4.78, 5) is 0. The Morgan fingerprint density at radius 2 is 1.44 bits per heavy atom. The first-order chi connectivity index (χ1) is 8.05. The van der Waals surface area contributed by atoms with E-state index < -0.39 is 32.3 Å². The summed E-state index contributed by atoms with van der Waals surface area (Å²) >= 11 is 0. The van der Waals surface area contributed by atoms with Gasteiger partial charge >= 0.3 is 10.4 Å². The van der Waals surface area contributed by atoms with Gasteiger partial charge in [0.25, 0.3) is 0 Å². The van der Waals surface area contributed by atoms with E-state index in [4.69, 9.17) is 27.8 Å². The van der Waals surface area contributed by atoms with Gasteiger partial charge in [0.2, 0.25) is 10.0 Å². The molecule has 1 rings (SSSR count). The molecule has 0 saturated carbocycles. The van der Waals surface area contributed by atoms with E-state index in [2.05, 4.69) is 0 Å². The summed E-state index contributed by atoms with van der Waals surface area (Å²) in [7, 11) is -8.38. The SMILES string of the molecule is NS(=O)(=O)C(CO)c1ccccc1.O=S(=O)(O)O. The van der Waals surface area contributed by atoms with Crippen molar-refractivity contribution in [2.24, 2.45) is 5.14 Å². The molecule has 5 N–H and O–H groups in total. The maximum atomic E-state index is 11.0. The Morgan fingerprint density at radius 3 is 1.72 bits per heavy atom. The Bertz CT molecular complexity index is 544. The van der Waals surface area contributed by atoms with Gasteiger partial charge in [0.15, 0.2) is 0 Å². The van der Waals surface area contributed by atoms with Crippen LogP contribution in [0.2, 0.25) is 0 Å². The number of primary sulfonamides is 1. The Labute approximate surface area is 105 Å². The molecule has 18 heavy (non-hydrogen) atoms. The van der Waals surface area contributed by atoms with Crippen molar-refractivity contribution in [3.63, 3.8) is 0 Å². The van der Waals surface area contributed by atoms with Crippen LogP contribution in [0.15, 0.2) is 30.3 Å². The molecular formula is C8H13NO7S2. The lowest BCUT2D eigenvalue weighted by molar-refractivity contribution is 0.291. The van der Waals surface area contributed by atoms with Gasteiger partial charge in [-0.05, 0) is 5.56 Å². The van der Waals surface area contributed by atoms with Crippen LogP contribution in [0, 0.1) is 0 Å². The highest BCUT2D eigenvalue weighted by molar-refractivity contribution is 7.89. The van der Waals surface area contributed by atoms with Gasteiger partial charge in [-0.3, -0.25) is 9.11 Å². The predicted molar refractivity (Wildman–Crippen MR) is 63.6 cm³/mol. The number of benzene rings is 1. The van der Waals surface area contributed by atoms with Crippen molar-refractivity contribution in [1.29, 1.82) is 0 Å². The van der Waals surface area contributed by atoms with Crippen molar-refractivity contribution >= 4 is 20.4 Å². The van der Waals surface area contributed by atoms with Gasteiger partial charge in [-0.2, -0.15) is 8.42 Å². The van der Waals surface area contributed by atoms with E-state index in [0.29, 0.717) is 5.56 Å². The molecule has 0 bridgehead atoms. The summed E-state index contributed by atoms with van der Waals surface area (Å²) < 4.78 is 53.5. The summed E-state index contributed by atoms with van der Waals surface area (Å²) in [5.41, 5.74) is 0.507. The topological polar surface area (TPSA) is 155 Å². The first-order valence-corrected chi connectivity index (χ1v) is 7.43. The highest BCUT2D eigenvalue weighted by Crippen LogP contribution is 2.18. The largest absolute Gasteiger partial charge is 0.395 e. The molecule has 0 saturated heterocycles. The molecule has 8 nitrogen and oxygen atoms in total. The summed E-state index contributed by atoms with van der Waals surface area (Å²) in [5, 5.41) is 12.8. The molecule has 0 spiro atoms. The fourth-order valence-corrected chi connectivity index (χ4v) is 1.81. The Balaban J connectivity index is 0.000000494. The first-order valence-electron chi connectivity index (χ1n) is 4.43. The molecule has 104 valence electrons. The normalized spacial score (nSPS) is 13.3. The predicted octanol–water partition coefficient (Wildman–Crippen LogP) is -0.644. The van der Waals surface area contributed by atoms with Crippen molar-refractivity contribution in [2.45, 2.75) is 5.25 Å². The van der Waals surface area contributed by atoms with Gasteiger partial charge in [0.05, 0.1) is 6.61 Å². The maximum Gasteiger partial charge on any atom is 0.394 e. The molecule has 0 heterocycles. The summed E-state index contributed by atoms with van der Waals surface area (Å²) in [6.45, 7) is -0.497. The van der Waals surface area contributed by atoms with Crippen molar-refractivity contribution in [3.05, 3.63) is 35.9 Å². The minimum absolute atomic E-state index is 0.497. The van der Waals surface area contributed by atoms with Crippen LogP contribution in [0.5, 0.6) is 0 Å². The highest BCUT2D eigenvalue weighted by Gasteiger charge is 2.21. The smallest absolute Gasteiger partial charge is 0.394 e. The standard InChI is InChI=1S/C8H11NO3S.H2O4S/c9-13(11,12)8(6-10)7-4-2-1-3-5-7;1-5(2,3)4/h1-5,8,10H,6H2,(H2,9,11,12);(H2,1,2,3,4). The molecule has 0 aliphatic heterocycles. The van der Waals surface area contributed by atoms with E-state index in [1.54, 1.807) is 30.3 Å². The fourth-order valence-electron chi connectivity index (χ4n) is 1.07. The molecule has 0 aliphatic rings. The van der Waals surface area contributed by atoms with Gasteiger partial charge < -0.3 is 5.11 Å². The molecule has 1 aromatic carbocycles. The van der Waals surface area contributed by atoms with Crippen LogP contribution in [0.3, 0.4) is 0 Å². The number of rotatable bonds is 3. The van der Waals surface area contributed by atoms with Crippen LogP contribution in [-0.2, 0) is 20.4 Å². The zero-order valence-corrected chi connectivity index (χ0v) is 10.7. The fraction of sp³-hybridized carbons (Fsp3) is 0.250. The molecule has 1 aromatic rings. The Hall–Kier alpha value is -1.04. The lowest BCUT2D eigenvalue weighted by atomic mass is 10.2. The maximum absolute atomic E-state index is 11.0. The quantitative estimate of drug-likeness (QED) is 0.541. The van der Waals surface area contributed by atoms with E-state index in [0.717, 1.165) is 0 Å². The van der Waals surface area contributed by atoms with Crippen molar-refractivity contribution in [1.82, 2.24) is 0 Å². The lowest BCUT2D eigenvalue weighted by Crippen LogP contribution is -2.24. The number of hydrogen-bond donors (Lipinski definition) is 4.